The zero-order valence-electron chi connectivity index (χ0n) is 12.8. The van der Waals surface area contributed by atoms with E-state index in [-0.39, 0.29) is 12.4 Å². The lowest BCUT2D eigenvalue weighted by Gasteiger charge is -2.20. The molecule has 0 atom stereocenters. The molecular weight excluding hydrogens is 276 g/mol. The van der Waals surface area contributed by atoms with Crippen molar-refractivity contribution >= 4 is 6.09 Å². The SMILES string of the molecule is Cc1cc(C/C(=C/F)CNC(=O)OC(C)(C)C)ccc1F. The van der Waals surface area contributed by atoms with Gasteiger partial charge in [-0.3, -0.25) is 0 Å². The third-order valence-corrected chi connectivity index (χ3v) is 2.67. The molecule has 0 fully saturated rings. The summed E-state index contributed by atoms with van der Waals surface area (Å²) in [6.07, 6.45) is 0.154. The van der Waals surface area contributed by atoms with Gasteiger partial charge in [-0.15, -0.1) is 0 Å². The Morgan fingerprint density at radius 2 is 2.05 bits per heavy atom. The van der Waals surface area contributed by atoms with E-state index in [1.54, 1.807) is 39.8 Å². The molecule has 1 aromatic rings. The number of hydrogen-bond donors (Lipinski definition) is 1. The predicted molar refractivity (Wildman–Crippen MR) is 78.3 cm³/mol. The molecule has 0 aliphatic carbocycles. The molecule has 3 nitrogen and oxygen atoms in total. The van der Waals surface area contributed by atoms with Gasteiger partial charge in [-0.1, -0.05) is 12.1 Å². The molecule has 1 amide bonds. The Hall–Kier alpha value is -1.91. The van der Waals surface area contributed by atoms with E-state index < -0.39 is 11.7 Å². The van der Waals surface area contributed by atoms with Gasteiger partial charge in [0.05, 0.1) is 6.33 Å². The van der Waals surface area contributed by atoms with Crippen LogP contribution in [-0.4, -0.2) is 18.2 Å². The number of hydrogen-bond acceptors (Lipinski definition) is 2. The van der Waals surface area contributed by atoms with Crippen molar-refractivity contribution in [1.82, 2.24) is 5.32 Å². The number of nitrogens with one attached hydrogen (secondary N) is 1. The highest BCUT2D eigenvalue weighted by molar-refractivity contribution is 5.68. The quantitative estimate of drug-likeness (QED) is 0.910. The van der Waals surface area contributed by atoms with Gasteiger partial charge in [0.2, 0.25) is 0 Å². The monoisotopic (exact) mass is 297 g/mol. The van der Waals surface area contributed by atoms with Crippen molar-refractivity contribution in [3.63, 3.8) is 0 Å². The molecule has 1 aromatic carbocycles. The minimum Gasteiger partial charge on any atom is -0.444 e. The second kappa shape index (κ2) is 7.20. The molecule has 0 aromatic heterocycles. The van der Waals surface area contributed by atoms with Gasteiger partial charge in [0.1, 0.15) is 11.4 Å². The summed E-state index contributed by atoms with van der Waals surface area (Å²) in [4.78, 5) is 11.5. The molecule has 0 aliphatic heterocycles. The van der Waals surface area contributed by atoms with Crippen molar-refractivity contribution in [2.45, 2.75) is 39.7 Å². The third kappa shape index (κ3) is 6.38. The summed E-state index contributed by atoms with van der Waals surface area (Å²) in [5, 5.41) is 2.49. The van der Waals surface area contributed by atoms with Gasteiger partial charge in [0, 0.05) is 6.54 Å². The van der Waals surface area contributed by atoms with Crippen LogP contribution in [-0.2, 0) is 11.2 Å². The maximum Gasteiger partial charge on any atom is 0.407 e. The van der Waals surface area contributed by atoms with Crippen LogP contribution in [0.25, 0.3) is 0 Å². The van der Waals surface area contributed by atoms with Crippen molar-refractivity contribution in [2.24, 2.45) is 0 Å². The van der Waals surface area contributed by atoms with E-state index in [1.165, 1.54) is 6.07 Å². The Bertz CT molecular complexity index is 534. The maximum atomic E-state index is 13.2. The zero-order valence-corrected chi connectivity index (χ0v) is 12.8. The Balaban J connectivity index is 2.56. The van der Waals surface area contributed by atoms with E-state index >= 15 is 0 Å². The number of rotatable bonds is 4. The smallest absolute Gasteiger partial charge is 0.407 e. The maximum absolute atomic E-state index is 13.2. The highest BCUT2D eigenvalue weighted by Crippen LogP contribution is 2.13. The number of aryl methyl sites for hydroxylation is 1. The number of benzene rings is 1. The van der Waals surface area contributed by atoms with Gasteiger partial charge >= 0.3 is 6.09 Å². The van der Waals surface area contributed by atoms with E-state index in [9.17, 15) is 13.6 Å². The van der Waals surface area contributed by atoms with Crippen LogP contribution in [0.2, 0.25) is 0 Å². The van der Waals surface area contributed by atoms with E-state index in [1.807, 2.05) is 0 Å². The summed E-state index contributed by atoms with van der Waals surface area (Å²) in [5.74, 6) is -0.295. The summed E-state index contributed by atoms with van der Waals surface area (Å²) in [6, 6.07) is 4.60. The number of carbonyl (C=O) groups is 1. The summed E-state index contributed by atoms with van der Waals surface area (Å²) >= 11 is 0. The summed E-state index contributed by atoms with van der Waals surface area (Å²) in [7, 11) is 0. The van der Waals surface area contributed by atoms with Crippen LogP contribution < -0.4 is 5.32 Å². The fourth-order valence-corrected chi connectivity index (χ4v) is 1.72. The summed E-state index contributed by atoms with van der Waals surface area (Å²) in [5.41, 5.74) is 1.07. The number of halogens is 2. The van der Waals surface area contributed by atoms with E-state index in [0.717, 1.165) is 5.56 Å². The van der Waals surface area contributed by atoms with Gasteiger partial charge in [0.15, 0.2) is 0 Å². The fourth-order valence-electron chi connectivity index (χ4n) is 1.72. The molecule has 0 saturated carbocycles. The lowest BCUT2D eigenvalue weighted by Crippen LogP contribution is -2.33. The molecule has 0 heterocycles. The van der Waals surface area contributed by atoms with Gasteiger partial charge in [-0.25, -0.2) is 13.6 Å². The lowest BCUT2D eigenvalue weighted by molar-refractivity contribution is 0.0532. The van der Waals surface area contributed by atoms with Crippen molar-refractivity contribution in [3.8, 4) is 0 Å². The van der Waals surface area contributed by atoms with Gasteiger partial charge in [0.25, 0.3) is 0 Å². The second-order valence-electron chi connectivity index (χ2n) is 5.88. The summed E-state index contributed by atoms with van der Waals surface area (Å²) < 4.78 is 31.1. The van der Waals surface area contributed by atoms with Crippen LogP contribution in [0.5, 0.6) is 0 Å². The van der Waals surface area contributed by atoms with Crippen LogP contribution in [0, 0.1) is 12.7 Å². The first-order valence-corrected chi connectivity index (χ1v) is 6.71. The molecular formula is C16H21F2NO2. The van der Waals surface area contributed by atoms with Gasteiger partial charge < -0.3 is 10.1 Å². The number of alkyl carbamates (subject to hydrolysis) is 1. The van der Waals surface area contributed by atoms with E-state index in [0.29, 0.717) is 23.9 Å². The van der Waals surface area contributed by atoms with Crippen LogP contribution in [0.1, 0.15) is 31.9 Å². The van der Waals surface area contributed by atoms with Crippen LogP contribution in [0.3, 0.4) is 0 Å². The van der Waals surface area contributed by atoms with Crippen molar-refractivity contribution in [3.05, 3.63) is 47.0 Å². The average molecular weight is 297 g/mol. The third-order valence-electron chi connectivity index (χ3n) is 2.67. The van der Waals surface area contributed by atoms with Crippen LogP contribution >= 0.6 is 0 Å². The predicted octanol–water partition coefficient (Wildman–Crippen LogP) is 4.05. The first-order valence-electron chi connectivity index (χ1n) is 6.71. The molecule has 0 unspecified atom stereocenters. The molecule has 0 radical (unpaired) electrons. The minimum absolute atomic E-state index is 0.0435. The molecule has 1 rings (SSSR count). The molecule has 0 spiro atoms. The molecule has 0 saturated heterocycles. The van der Waals surface area contributed by atoms with E-state index in [4.69, 9.17) is 4.74 Å². The van der Waals surface area contributed by atoms with Gasteiger partial charge in [-0.05, 0) is 56.9 Å². The first kappa shape index (κ1) is 17.1. The molecule has 5 heteroatoms. The number of amides is 1. The molecule has 21 heavy (non-hydrogen) atoms. The average Bonchev–Trinajstić information content (AvgIpc) is 2.36. The normalized spacial score (nSPS) is 12.2. The topological polar surface area (TPSA) is 38.3 Å². The van der Waals surface area contributed by atoms with Crippen LogP contribution in [0.4, 0.5) is 13.6 Å². The zero-order chi connectivity index (χ0) is 16.0. The Labute approximate surface area is 124 Å². The highest BCUT2D eigenvalue weighted by Gasteiger charge is 2.16. The first-order chi connectivity index (χ1) is 9.71. The number of ether oxygens (including phenoxy) is 1. The Kier molecular flexibility index (Phi) is 5.88. The summed E-state index contributed by atoms with van der Waals surface area (Å²) in [6.45, 7) is 6.94. The van der Waals surface area contributed by atoms with E-state index in [2.05, 4.69) is 5.32 Å². The second-order valence-corrected chi connectivity index (χ2v) is 5.88. The highest BCUT2D eigenvalue weighted by atomic mass is 19.1. The van der Waals surface area contributed by atoms with Gasteiger partial charge in [-0.2, -0.15) is 0 Å². The number of carbonyl (C=O) groups excluding carboxylic acids is 1. The minimum atomic E-state index is -0.600. The molecule has 0 aliphatic rings. The van der Waals surface area contributed by atoms with Crippen molar-refractivity contribution in [2.75, 3.05) is 6.54 Å². The van der Waals surface area contributed by atoms with Crippen LogP contribution in [0.15, 0.2) is 30.1 Å². The largest absolute Gasteiger partial charge is 0.444 e. The molecule has 116 valence electrons. The van der Waals surface area contributed by atoms with Crippen molar-refractivity contribution in [1.29, 1.82) is 0 Å². The molecule has 0 bridgehead atoms. The Morgan fingerprint density at radius 1 is 1.38 bits per heavy atom. The Morgan fingerprint density at radius 3 is 2.57 bits per heavy atom. The fraction of sp³-hybridized carbons (Fsp3) is 0.438. The molecule has 1 N–H and O–H groups in total. The lowest BCUT2D eigenvalue weighted by atomic mass is 10.0. The van der Waals surface area contributed by atoms with Crippen molar-refractivity contribution < 1.29 is 18.3 Å². The standard InChI is InChI=1S/C16H21F2NO2/c1-11-7-12(5-6-14(11)18)8-13(9-17)10-19-15(20)21-16(2,3)4/h5-7,9H,8,10H2,1-4H3,(H,19,20)/b13-9-.